The van der Waals surface area contributed by atoms with Gasteiger partial charge in [-0.2, -0.15) is 0 Å². The predicted molar refractivity (Wildman–Crippen MR) is 65.5 cm³/mol. The van der Waals surface area contributed by atoms with Crippen LogP contribution < -0.4 is 5.73 Å². The van der Waals surface area contributed by atoms with Crippen LogP contribution >= 0.6 is 47.2 Å². The lowest BCUT2D eigenvalue weighted by molar-refractivity contribution is -0.0711. The van der Waals surface area contributed by atoms with Gasteiger partial charge in [-0.15, -0.1) is 12.4 Å². The van der Waals surface area contributed by atoms with Crippen molar-refractivity contribution in [2.24, 2.45) is 5.73 Å². The lowest BCUT2D eigenvalue weighted by Gasteiger charge is -2.23. The third-order valence-corrected chi connectivity index (χ3v) is 3.01. The van der Waals surface area contributed by atoms with Crippen LogP contribution in [0.4, 0.5) is 8.78 Å². The van der Waals surface area contributed by atoms with E-state index in [0.717, 1.165) is 6.20 Å². The number of pyridine rings is 1. The highest BCUT2D eigenvalue weighted by Crippen LogP contribution is 2.39. The Labute approximate surface area is 117 Å². The molecule has 0 aliphatic heterocycles. The number of aliphatic hydroxyl groups is 1. The number of aliphatic hydroxyl groups excluding tert-OH is 1. The molecular weight excluding hydrogens is 320 g/mol. The Bertz CT molecular complexity index is 405. The van der Waals surface area contributed by atoms with Gasteiger partial charge in [-0.05, 0) is 0 Å². The fourth-order valence-corrected chi connectivity index (χ4v) is 1.78. The molecule has 1 atom stereocenters. The van der Waals surface area contributed by atoms with Gasteiger partial charge >= 0.3 is 0 Å². The highest BCUT2D eigenvalue weighted by Gasteiger charge is 2.40. The first-order valence-electron chi connectivity index (χ1n) is 4.05. The minimum Gasteiger partial charge on any atom is -0.390 e. The van der Waals surface area contributed by atoms with E-state index < -0.39 is 18.6 Å². The van der Waals surface area contributed by atoms with Gasteiger partial charge < -0.3 is 10.8 Å². The number of hydrogen-bond acceptors (Lipinski definition) is 3. The lowest BCUT2D eigenvalue weighted by atomic mass is 10.0. The largest absolute Gasteiger partial charge is 0.390 e. The van der Waals surface area contributed by atoms with Crippen LogP contribution in [0, 0.1) is 0 Å². The van der Waals surface area contributed by atoms with Crippen molar-refractivity contribution in [2.45, 2.75) is 12.0 Å². The zero-order chi connectivity index (χ0) is 12.5. The second-order valence-electron chi connectivity index (χ2n) is 3.02. The first kappa shape index (κ1) is 17.1. The maximum Gasteiger partial charge on any atom is 0.289 e. The standard InChI is InChI=1S/C8H7Cl3F2N2O.ClH/c9-3-1-15-7(11)5(10)4(3)6(14)8(12,13)2-16;/h1,6,16H,2,14H2;1H/t6-;/m0./s1. The first-order chi connectivity index (χ1) is 7.31. The Hall–Kier alpha value is 0.0900. The summed E-state index contributed by atoms with van der Waals surface area (Å²) in [6.07, 6.45) is 1.07. The highest BCUT2D eigenvalue weighted by atomic mass is 35.5. The summed E-state index contributed by atoms with van der Waals surface area (Å²) in [7, 11) is 0. The van der Waals surface area contributed by atoms with Crippen molar-refractivity contribution in [1.82, 2.24) is 4.98 Å². The van der Waals surface area contributed by atoms with Crippen molar-refractivity contribution in [1.29, 1.82) is 0 Å². The average Bonchev–Trinajstić information content (AvgIpc) is 2.24. The molecule has 17 heavy (non-hydrogen) atoms. The number of halogens is 6. The fourth-order valence-electron chi connectivity index (χ4n) is 1.05. The molecule has 0 bridgehead atoms. The van der Waals surface area contributed by atoms with E-state index in [0.29, 0.717) is 0 Å². The number of hydrogen-bond donors (Lipinski definition) is 2. The average molecular weight is 328 g/mol. The minimum atomic E-state index is -3.54. The Morgan fingerprint density at radius 2 is 1.94 bits per heavy atom. The molecule has 0 saturated heterocycles. The molecule has 1 heterocycles. The number of alkyl halides is 2. The van der Waals surface area contributed by atoms with Crippen LogP contribution in [0.5, 0.6) is 0 Å². The summed E-state index contributed by atoms with van der Waals surface area (Å²) < 4.78 is 26.3. The Balaban J connectivity index is 0.00000256. The van der Waals surface area contributed by atoms with Gasteiger partial charge in [0, 0.05) is 11.8 Å². The van der Waals surface area contributed by atoms with Gasteiger partial charge in [-0.25, -0.2) is 13.8 Å². The van der Waals surface area contributed by atoms with E-state index in [-0.39, 0.29) is 33.2 Å². The molecule has 9 heteroatoms. The van der Waals surface area contributed by atoms with Crippen LogP contribution in [0.2, 0.25) is 15.2 Å². The van der Waals surface area contributed by atoms with Gasteiger partial charge in [-0.3, -0.25) is 0 Å². The number of nitrogens with zero attached hydrogens (tertiary/aromatic N) is 1. The maximum absolute atomic E-state index is 13.2. The molecule has 1 aromatic heterocycles. The SMILES string of the molecule is Cl.N[C@@H](c1c(Cl)cnc(Cl)c1Cl)C(F)(F)CO. The molecule has 0 aliphatic rings. The Kier molecular flexibility index (Phi) is 6.35. The summed E-state index contributed by atoms with van der Waals surface area (Å²) in [5.41, 5.74) is 5.05. The Morgan fingerprint density at radius 3 is 2.41 bits per heavy atom. The van der Waals surface area contributed by atoms with E-state index in [1.54, 1.807) is 0 Å². The summed E-state index contributed by atoms with van der Waals surface area (Å²) in [6.45, 7) is -1.42. The van der Waals surface area contributed by atoms with Crippen LogP contribution in [0.1, 0.15) is 11.6 Å². The van der Waals surface area contributed by atoms with Gasteiger partial charge in [0.15, 0.2) is 0 Å². The maximum atomic E-state index is 13.2. The summed E-state index contributed by atoms with van der Waals surface area (Å²) in [6, 6.07) is -1.85. The van der Waals surface area contributed by atoms with E-state index in [1.807, 2.05) is 0 Å². The van der Waals surface area contributed by atoms with E-state index in [1.165, 1.54) is 0 Å². The summed E-state index contributed by atoms with van der Waals surface area (Å²) >= 11 is 16.9. The molecule has 0 unspecified atom stereocenters. The first-order valence-corrected chi connectivity index (χ1v) is 5.18. The van der Waals surface area contributed by atoms with Crippen molar-refractivity contribution in [3.63, 3.8) is 0 Å². The lowest BCUT2D eigenvalue weighted by Crippen LogP contribution is -2.36. The van der Waals surface area contributed by atoms with Crippen molar-refractivity contribution in [2.75, 3.05) is 6.61 Å². The van der Waals surface area contributed by atoms with Crippen LogP contribution in [0.3, 0.4) is 0 Å². The smallest absolute Gasteiger partial charge is 0.289 e. The molecule has 0 fully saturated rings. The minimum absolute atomic E-state index is 0. The van der Waals surface area contributed by atoms with Gasteiger partial charge in [0.25, 0.3) is 5.92 Å². The summed E-state index contributed by atoms with van der Waals surface area (Å²) in [5, 5.41) is 7.97. The highest BCUT2D eigenvalue weighted by molar-refractivity contribution is 6.43. The number of rotatable bonds is 3. The molecule has 1 aromatic rings. The second kappa shape index (κ2) is 6.31. The van der Waals surface area contributed by atoms with Gasteiger partial charge in [-0.1, -0.05) is 34.8 Å². The molecule has 1 rings (SSSR count). The Morgan fingerprint density at radius 1 is 1.41 bits per heavy atom. The molecule has 0 spiro atoms. The van der Waals surface area contributed by atoms with Gasteiger partial charge in [0.2, 0.25) is 0 Å². The molecule has 3 N–H and O–H groups in total. The predicted octanol–water partition coefficient (Wildman–Crippen LogP) is 3.09. The zero-order valence-electron chi connectivity index (χ0n) is 8.13. The van der Waals surface area contributed by atoms with E-state index in [4.69, 9.17) is 45.6 Å². The van der Waals surface area contributed by atoms with E-state index in [2.05, 4.69) is 4.98 Å². The molecule has 0 amide bonds. The van der Waals surface area contributed by atoms with Crippen LogP contribution in [0.15, 0.2) is 6.20 Å². The number of nitrogens with two attached hydrogens (primary N) is 1. The molecule has 0 saturated carbocycles. The van der Waals surface area contributed by atoms with Crippen molar-refractivity contribution < 1.29 is 13.9 Å². The quantitative estimate of drug-likeness (QED) is 0.839. The van der Waals surface area contributed by atoms with Crippen LogP contribution in [0.25, 0.3) is 0 Å². The monoisotopic (exact) mass is 326 g/mol. The van der Waals surface area contributed by atoms with Crippen LogP contribution in [-0.4, -0.2) is 22.6 Å². The third kappa shape index (κ3) is 3.53. The molecule has 0 aromatic carbocycles. The number of aromatic nitrogens is 1. The van der Waals surface area contributed by atoms with Gasteiger partial charge in [0.1, 0.15) is 11.8 Å². The topological polar surface area (TPSA) is 59.1 Å². The van der Waals surface area contributed by atoms with Crippen molar-refractivity contribution in [3.8, 4) is 0 Å². The third-order valence-electron chi connectivity index (χ3n) is 1.94. The zero-order valence-corrected chi connectivity index (χ0v) is 11.2. The molecule has 0 aliphatic carbocycles. The van der Waals surface area contributed by atoms with Crippen LogP contribution in [-0.2, 0) is 0 Å². The molecular formula is C8H8Cl4F2N2O. The molecule has 98 valence electrons. The fraction of sp³-hybridized carbons (Fsp3) is 0.375. The van der Waals surface area contributed by atoms with E-state index >= 15 is 0 Å². The molecule has 3 nitrogen and oxygen atoms in total. The second-order valence-corrected chi connectivity index (χ2v) is 4.16. The van der Waals surface area contributed by atoms with Gasteiger partial charge in [0.05, 0.1) is 16.1 Å². The van der Waals surface area contributed by atoms with E-state index in [9.17, 15) is 8.78 Å². The molecule has 0 radical (unpaired) electrons. The van der Waals surface area contributed by atoms with Crippen molar-refractivity contribution >= 4 is 47.2 Å². The summed E-state index contributed by atoms with van der Waals surface area (Å²) in [4.78, 5) is 3.57. The summed E-state index contributed by atoms with van der Waals surface area (Å²) in [5.74, 6) is -3.54. The van der Waals surface area contributed by atoms with Crippen molar-refractivity contribution in [3.05, 3.63) is 27.0 Å². The normalized spacial score (nSPS) is 13.1.